The van der Waals surface area contributed by atoms with E-state index >= 15 is 0 Å². The van der Waals surface area contributed by atoms with Gasteiger partial charge < -0.3 is 9.64 Å². The number of nitrogens with zero attached hydrogens (tertiary/aromatic N) is 1. The van der Waals surface area contributed by atoms with E-state index in [-0.39, 0.29) is 10.8 Å². The molecular formula is C16H14FNO2S. The molecule has 0 radical (unpaired) electrons. The predicted molar refractivity (Wildman–Crippen MR) is 80.3 cm³/mol. The van der Waals surface area contributed by atoms with Gasteiger partial charge in [0.1, 0.15) is 18.2 Å². The van der Waals surface area contributed by atoms with Crippen molar-refractivity contribution in [3.63, 3.8) is 0 Å². The molecule has 3 rings (SSSR count). The summed E-state index contributed by atoms with van der Waals surface area (Å²) >= 11 is 4.02. The Bertz CT molecular complexity index is 690. The number of amides is 1. The van der Waals surface area contributed by atoms with Crippen LogP contribution in [0.25, 0.3) is 0 Å². The first-order chi connectivity index (χ1) is 10.1. The number of ether oxygens (including phenoxy) is 1. The van der Waals surface area contributed by atoms with Crippen molar-refractivity contribution in [2.75, 3.05) is 13.2 Å². The lowest BCUT2D eigenvalue weighted by Gasteiger charge is -2.20. The molecule has 21 heavy (non-hydrogen) atoms. The summed E-state index contributed by atoms with van der Waals surface area (Å²) in [5.41, 5.74) is 1.40. The number of carbonyl (C=O) groups excluding carboxylic acids is 1. The maximum Gasteiger partial charge on any atom is 0.254 e. The van der Waals surface area contributed by atoms with E-state index in [0.717, 1.165) is 11.3 Å². The van der Waals surface area contributed by atoms with E-state index in [9.17, 15) is 9.18 Å². The molecule has 1 heterocycles. The molecule has 3 nitrogen and oxygen atoms in total. The Balaban J connectivity index is 1.86. The van der Waals surface area contributed by atoms with Gasteiger partial charge in [-0.15, -0.1) is 12.6 Å². The number of fused-ring (bicyclic) bond motifs is 1. The minimum absolute atomic E-state index is 0.148. The molecule has 1 aliphatic heterocycles. The van der Waals surface area contributed by atoms with Crippen molar-refractivity contribution in [1.82, 2.24) is 4.90 Å². The highest BCUT2D eigenvalue weighted by atomic mass is 32.1. The maximum absolute atomic E-state index is 13.2. The Morgan fingerprint density at radius 2 is 2.05 bits per heavy atom. The van der Waals surface area contributed by atoms with Crippen molar-refractivity contribution in [2.24, 2.45) is 0 Å². The van der Waals surface area contributed by atoms with E-state index in [4.69, 9.17) is 4.74 Å². The van der Waals surface area contributed by atoms with Crippen LogP contribution in [0.1, 0.15) is 15.9 Å². The van der Waals surface area contributed by atoms with Crippen LogP contribution in [0.15, 0.2) is 47.4 Å². The van der Waals surface area contributed by atoms with Crippen LogP contribution < -0.4 is 4.74 Å². The molecule has 2 aromatic rings. The van der Waals surface area contributed by atoms with Crippen LogP contribution in [0.5, 0.6) is 5.75 Å². The Kier molecular flexibility index (Phi) is 3.84. The van der Waals surface area contributed by atoms with Gasteiger partial charge in [-0.05, 0) is 24.3 Å². The highest BCUT2D eigenvalue weighted by molar-refractivity contribution is 7.80. The summed E-state index contributed by atoms with van der Waals surface area (Å²) in [5.74, 6) is 0.229. The summed E-state index contributed by atoms with van der Waals surface area (Å²) in [6.45, 7) is 1.42. The molecule has 2 aromatic carbocycles. The third kappa shape index (κ3) is 2.88. The zero-order valence-electron chi connectivity index (χ0n) is 11.3. The van der Waals surface area contributed by atoms with Gasteiger partial charge in [0.05, 0.1) is 6.54 Å². The van der Waals surface area contributed by atoms with Crippen LogP contribution in [0.3, 0.4) is 0 Å². The minimum atomic E-state index is -0.431. The molecule has 0 N–H and O–H groups in total. The second-order valence-corrected chi connectivity index (χ2v) is 5.33. The first kappa shape index (κ1) is 13.9. The van der Waals surface area contributed by atoms with Gasteiger partial charge in [-0.3, -0.25) is 4.79 Å². The van der Waals surface area contributed by atoms with Crippen LogP contribution >= 0.6 is 12.6 Å². The Morgan fingerprint density at radius 1 is 1.24 bits per heavy atom. The summed E-state index contributed by atoms with van der Waals surface area (Å²) in [5, 5.41) is 0. The fourth-order valence-corrected chi connectivity index (χ4v) is 2.54. The fraction of sp³-hybridized carbons (Fsp3) is 0.188. The Morgan fingerprint density at radius 3 is 2.86 bits per heavy atom. The van der Waals surface area contributed by atoms with E-state index in [1.807, 2.05) is 24.3 Å². The van der Waals surface area contributed by atoms with Gasteiger partial charge in [0.25, 0.3) is 5.91 Å². The third-order valence-corrected chi connectivity index (χ3v) is 3.78. The third-order valence-electron chi connectivity index (χ3n) is 3.43. The fourth-order valence-electron chi connectivity index (χ4n) is 2.33. The quantitative estimate of drug-likeness (QED) is 0.820. The van der Waals surface area contributed by atoms with Gasteiger partial charge >= 0.3 is 0 Å². The number of rotatable bonds is 1. The molecule has 0 fully saturated rings. The zero-order valence-corrected chi connectivity index (χ0v) is 12.1. The SMILES string of the molecule is O=C(c1ccc(F)c(S)c1)N1CCOc2ccccc2C1. The highest BCUT2D eigenvalue weighted by Crippen LogP contribution is 2.24. The Labute approximate surface area is 127 Å². The number of thiol groups is 1. The first-order valence-corrected chi connectivity index (χ1v) is 7.08. The number of hydrogen-bond donors (Lipinski definition) is 1. The molecule has 0 aromatic heterocycles. The lowest BCUT2D eigenvalue weighted by molar-refractivity contribution is 0.0733. The molecule has 0 saturated carbocycles. The molecule has 108 valence electrons. The first-order valence-electron chi connectivity index (χ1n) is 6.63. The standard InChI is InChI=1S/C16H14FNO2S/c17-13-6-5-11(9-15(13)21)16(19)18-7-8-20-14-4-2-1-3-12(14)10-18/h1-6,9,21H,7-8,10H2. The predicted octanol–water partition coefficient (Wildman–Crippen LogP) is 3.15. The second kappa shape index (κ2) is 5.77. The van der Waals surface area contributed by atoms with Gasteiger partial charge in [-0.2, -0.15) is 0 Å². The average molecular weight is 303 g/mol. The van der Waals surface area contributed by atoms with Crippen molar-refractivity contribution in [3.8, 4) is 5.75 Å². The number of hydrogen-bond acceptors (Lipinski definition) is 3. The van der Waals surface area contributed by atoms with E-state index in [1.54, 1.807) is 4.90 Å². The summed E-state index contributed by atoms with van der Waals surface area (Å²) in [6.07, 6.45) is 0. The highest BCUT2D eigenvalue weighted by Gasteiger charge is 2.21. The molecule has 0 spiro atoms. The number of halogens is 1. The van der Waals surface area contributed by atoms with Crippen LogP contribution in [-0.4, -0.2) is 24.0 Å². The average Bonchev–Trinajstić information content (AvgIpc) is 2.71. The van der Waals surface area contributed by atoms with E-state index in [0.29, 0.717) is 25.3 Å². The summed E-state index contributed by atoms with van der Waals surface area (Å²) in [6, 6.07) is 11.9. The molecule has 0 saturated heterocycles. The van der Waals surface area contributed by atoms with Crippen LogP contribution in [0.2, 0.25) is 0 Å². The van der Waals surface area contributed by atoms with E-state index in [2.05, 4.69) is 12.6 Å². The van der Waals surface area contributed by atoms with Gasteiger partial charge in [0.2, 0.25) is 0 Å². The van der Waals surface area contributed by atoms with Crippen molar-refractivity contribution < 1.29 is 13.9 Å². The van der Waals surface area contributed by atoms with Gasteiger partial charge in [-0.1, -0.05) is 18.2 Å². The Hall–Kier alpha value is -2.01. The van der Waals surface area contributed by atoms with Crippen LogP contribution in [0.4, 0.5) is 4.39 Å². The topological polar surface area (TPSA) is 29.5 Å². The van der Waals surface area contributed by atoms with Crippen molar-refractivity contribution >= 4 is 18.5 Å². The van der Waals surface area contributed by atoms with Crippen LogP contribution in [-0.2, 0) is 6.54 Å². The number of para-hydroxylation sites is 1. The summed E-state index contributed by atoms with van der Waals surface area (Å²) in [7, 11) is 0. The molecule has 0 bridgehead atoms. The maximum atomic E-state index is 13.2. The monoisotopic (exact) mass is 303 g/mol. The molecule has 5 heteroatoms. The molecule has 0 unspecified atom stereocenters. The molecule has 1 aliphatic rings. The summed E-state index contributed by atoms with van der Waals surface area (Å²) in [4.78, 5) is 14.4. The van der Waals surface area contributed by atoms with Gasteiger partial charge in [0, 0.05) is 22.6 Å². The number of benzene rings is 2. The summed E-state index contributed by atoms with van der Waals surface area (Å²) < 4.78 is 18.9. The minimum Gasteiger partial charge on any atom is -0.491 e. The number of carbonyl (C=O) groups is 1. The zero-order chi connectivity index (χ0) is 14.8. The van der Waals surface area contributed by atoms with Gasteiger partial charge in [0.15, 0.2) is 0 Å². The van der Waals surface area contributed by atoms with Crippen molar-refractivity contribution in [3.05, 3.63) is 59.4 Å². The molecule has 1 amide bonds. The lowest BCUT2D eigenvalue weighted by atomic mass is 10.1. The normalized spacial score (nSPS) is 14.1. The van der Waals surface area contributed by atoms with Crippen molar-refractivity contribution in [2.45, 2.75) is 11.4 Å². The molecular weight excluding hydrogens is 289 g/mol. The van der Waals surface area contributed by atoms with Gasteiger partial charge in [-0.25, -0.2) is 4.39 Å². The molecule has 0 atom stereocenters. The van der Waals surface area contributed by atoms with Crippen molar-refractivity contribution in [1.29, 1.82) is 0 Å². The lowest BCUT2D eigenvalue weighted by Crippen LogP contribution is -2.32. The largest absolute Gasteiger partial charge is 0.491 e. The molecule has 0 aliphatic carbocycles. The van der Waals surface area contributed by atoms with E-state index < -0.39 is 5.82 Å². The second-order valence-electron chi connectivity index (χ2n) is 4.85. The smallest absolute Gasteiger partial charge is 0.254 e. The van der Waals surface area contributed by atoms with Crippen LogP contribution in [0, 0.1) is 5.82 Å². The van der Waals surface area contributed by atoms with E-state index in [1.165, 1.54) is 18.2 Å².